The van der Waals surface area contributed by atoms with Gasteiger partial charge < -0.3 is 9.05 Å². The van der Waals surface area contributed by atoms with Crippen LogP contribution >= 0.6 is 9.03 Å². The Morgan fingerprint density at radius 3 is 1.75 bits per heavy atom. The summed E-state index contributed by atoms with van der Waals surface area (Å²) in [6.07, 6.45) is 0. The molecule has 0 heterocycles. The molecule has 0 saturated heterocycles. The molecule has 8 heavy (non-hydrogen) atoms. The molecule has 2 nitrogen and oxygen atoms in total. The SMILES string of the molecule is CCOPOCC.[AlH3]. The maximum absolute atomic E-state index is 4.88. The largest absolute Gasteiger partial charge is 0.337 e. The molecule has 0 rings (SSSR count). The van der Waals surface area contributed by atoms with E-state index in [0.29, 0.717) is 0 Å². The Morgan fingerprint density at radius 1 is 1.12 bits per heavy atom. The van der Waals surface area contributed by atoms with Crippen molar-refractivity contribution >= 4 is 26.4 Å². The highest BCUT2D eigenvalue weighted by atomic mass is 31.1. The molecule has 0 radical (unpaired) electrons. The van der Waals surface area contributed by atoms with Crippen molar-refractivity contribution in [1.29, 1.82) is 0 Å². The van der Waals surface area contributed by atoms with Crippen molar-refractivity contribution in [2.45, 2.75) is 13.8 Å². The lowest BCUT2D eigenvalue weighted by Gasteiger charge is -1.96. The van der Waals surface area contributed by atoms with E-state index in [4.69, 9.17) is 9.05 Å². The second kappa shape index (κ2) is 10.8. The van der Waals surface area contributed by atoms with E-state index in [1.807, 2.05) is 13.8 Å². The molecular weight excluding hydrogens is 138 g/mol. The van der Waals surface area contributed by atoms with Crippen LogP contribution in [0.2, 0.25) is 0 Å². The van der Waals surface area contributed by atoms with Crippen molar-refractivity contribution in [3.8, 4) is 0 Å². The van der Waals surface area contributed by atoms with E-state index in [9.17, 15) is 0 Å². The van der Waals surface area contributed by atoms with E-state index in [-0.39, 0.29) is 26.4 Å². The van der Waals surface area contributed by atoms with Crippen LogP contribution < -0.4 is 0 Å². The van der Waals surface area contributed by atoms with Crippen LogP contribution in [0.5, 0.6) is 0 Å². The number of rotatable bonds is 4. The maximum atomic E-state index is 4.88. The lowest BCUT2D eigenvalue weighted by Crippen LogP contribution is -1.78. The van der Waals surface area contributed by atoms with Crippen molar-refractivity contribution in [1.82, 2.24) is 0 Å². The Morgan fingerprint density at radius 2 is 1.50 bits per heavy atom. The lowest BCUT2D eigenvalue weighted by atomic mass is 10.9. The molecule has 0 N–H and O–H groups in total. The van der Waals surface area contributed by atoms with E-state index in [1.165, 1.54) is 0 Å². The minimum absolute atomic E-state index is 0. The van der Waals surface area contributed by atoms with Gasteiger partial charge in [0.05, 0.1) is 13.2 Å². The molecule has 0 aliphatic rings. The van der Waals surface area contributed by atoms with Crippen LogP contribution in [0, 0.1) is 0 Å². The molecule has 0 bridgehead atoms. The Kier molecular flexibility index (Phi) is 15.7. The van der Waals surface area contributed by atoms with Crippen molar-refractivity contribution in [3.63, 3.8) is 0 Å². The summed E-state index contributed by atoms with van der Waals surface area (Å²) in [6.45, 7) is 5.40. The molecule has 0 unspecified atom stereocenters. The first-order valence-corrected chi connectivity index (χ1v) is 3.22. The average molecular weight is 152 g/mol. The zero-order valence-electron chi connectivity index (χ0n) is 4.73. The normalized spacial score (nSPS) is 8.25. The fourth-order valence-electron chi connectivity index (χ4n) is 0.160. The molecular formula is C4H14AlO2P. The minimum atomic E-state index is 0. The first kappa shape index (κ1) is 11.7. The van der Waals surface area contributed by atoms with Crippen molar-refractivity contribution < 1.29 is 9.05 Å². The Bertz CT molecular complexity index is 33.2. The highest BCUT2D eigenvalue weighted by Crippen LogP contribution is 2.10. The Hall–Kier alpha value is 0.882. The van der Waals surface area contributed by atoms with E-state index in [1.54, 1.807) is 0 Å². The third-order valence-electron chi connectivity index (χ3n) is 0.407. The summed E-state index contributed by atoms with van der Waals surface area (Å²) >= 11 is 0. The van der Waals surface area contributed by atoms with Gasteiger partial charge in [0, 0.05) is 0 Å². The van der Waals surface area contributed by atoms with Gasteiger partial charge in [-0.2, -0.15) is 0 Å². The van der Waals surface area contributed by atoms with Crippen molar-refractivity contribution in [3.05, 3.63) is 0 Å². The van der Waals surface area contributed by atoms with Crippen molar-refractivity contribution in [2.24, 2.45) is 0 Å². The van der Waals surface area contributed by atoms with E-state index in [2.05, 4.69) is 0 Å². The second-order valence-electron chi connectivity index (χ2n) is 0.949. The van der Waals surface area contributed by atoms with Gasteiger partial charge in [0.15, 0.2) is 26.4 Å². The molecule has 0 fully saturated rings. The second-order valence-corrected chi connectivity index (χ2v) is 1.69. The molecule has 0 aromatic heterocycles. The van der Waals surface area contributed by atoms with Gasteiger partial charge in [0.25, 0.3) is 0 Å². The van der Waals surface area contributed by atoms with Crippen LogP contribution in [0.25, 0.3) is 0 Å². The zero-order chi connectivity index (χ0) is 5.54. The lowest BCUT2D eigenvalue weighted by molar-refractivity contribution is 0.288. The van der Waals surface area contributed by atoms with Gasteiger partial charge in [-0.3, -0.25) is 0 Å². The molecule has 0 atom stereocenters. The van der Waals surface area contributed by atoms with Crippen LogP contribution in [0.3, 0.4) is 0 Å². The highest BCUT2D eigenvalue weighted by Gasteiger charge is 1.77. The molecule has 0 aliphatic carbocycles. The monoisotopic (exact) mass is 152 g/mol. The van der Waals surface area contributed by atoms with E-state index in [0.717, 1.165) is 13.2 Å². The van der Waals surface area contributed by atoms with Crippen LogP contribution in [0.1, 0.15) is 13.8 Å². The Labute approximate surface area is 63.0 Å². The van der Waals surface area contributed by atoms with E-state index >= 15 is 0 Å². The first-order valence-electron chi connectivity index (χ1n) is 2.40. The predicted octanol–water partition coefficient (Wildman–Crippen LogP) is 0.384. The van der Waals surface area contributed by atoms with Gasteiger partial charge >= 0.3 is 0 Å². The van der Waals surface area contributed by atoms with Gasteiger partial charge in [0.1, 0.15) is 0 Å². The van der Waals surface area contributed by atoms with Crippen LogP contribution in [0.4, 0.5) is 0 Å². The molecule has 0 aliphatic heterocycles. The van der Waals surface area contributed by atoms with Gasteiger partial charge in [-0.25, -0.2) is 0 Å². The molecule has 4 heteroatoms. The topological polar surface area (TPSA) is 18.5 Å². The van der Waals surface area contributed by atoms with Gasteiger partial charge in [-0.05, 0) is 13.8 Å². The predicted molar refractivity (Wildman–Crippen MR) is 41.5 cm³/mol. The molecule has 0 aromatic rings. The molecule has 0 amide bonds. The quantitative estimate of drug-likeness (QED) is 0.329. The molecule has 0 saturated carbocycles. The Balaban J connectivity index is 0. The summed E-state index contributed by atoms with van der Waals surface area (Å²) in [4.78, 5) is 0. The summed E-state index contributed by atoms with van der Waals surface area (Å²) in [5.74, 6) is 0. The number of hydrogen-bond acceptors (Lipinski definition) is 2. The summed E-state index contributed by atoms with van der Waals surface area (Å²) in [5, 5.41) is 0. The van der Waals surface area contributed by atoms with Crippen LogP contribution in [-0.4, -0.2) is 30.6 Å². The smallest absolute Gasteiger partial charge is 0.187 e. The van der Waals surface area contributed by atoms with Crippen LogP contribution in [0.15, 0.2) is 0 Å². The number of hydrogen-bond donors (Lipinski definition) is 0. The van der Waals surface area contributed by atoms with Gasteiger partial charge in [-0.1, -0.05) is 0 Å². The van der Waals surface area contributed by atoms with E-state index < -0.39 is 0 Å². The maximum Gasteiger partial charge on any atom is 0.187 e. The average Bonchev–Trinajstić information content (AvgIpc) is 1.69. The molecule has 50 valence electrons. The zero-order valence-corrected chi connectivity index (χ0v) is 5.73. The highest BCUT2D eigenvalue weighted by molar-refractivity contribution is 7.26. The van der Waals surface area contributed by atoms with Gasteiger partial charge in [-0.15, -0.1) is 0 Å². The summed E-state index contributed by atoms with van der Waals surface area (Å²) in [5.41, 5.74) is 0. The fraction of sp³-hybridized carbons (Fsp3) is 1.00. The summed E-state index contributed by atoms with van der Waals surface area (Å²) in [6, 6.07) is 0. The van der Waals surface area contributed by atoms with Gasteiger partial charge in [0.2, 0.25) is 0 Å². The fourth-order valence-corrected chi connectivity index (χ4v) is 0.479. The van der Waals surface area contributed by atoms with Crippen molar-refractivity contribution in [2.75, 3.05) is 13.2 Å². The van der Waals surface area contributed by atoms with Crippen LogP contribution in [-0.2, 0) is 9.05 Å². The molecule has 0 aromatic carbocycles. The molecule has 0 spiro atoms. The third kappa shape index (κ3) is 9.99. The summed E-state index contributed by atoms with van der Waals surface area (Å²) < 4.78 is 9.76. The first-order chi connectivity index (χ1) is 3.41. The third-order valence-corrected chi connectivity index (χ3v) is 1.22. The minimum Gasteiger partial charge on any atom is -0.337 e. The standard InChI is InChI=1S/C4H11O2P.Al.3H/c1-3-5-7-6-4-2;;;;/h7H,3-4H2,1-2H3;;;;. The summed E-state index contributed by atoms with van der Waals surface area (Å²) in [7, 11) is 0.232.